The Bertz CT molecular complexity index is 1740. The second kappa shape index (κ2) is 11.2. The molecule has 0 spiro atoms. The zero-order chi connectivity index (χ0) is 28.5. The maximum atomic E-state index is 13.5. The number of fused-ring (bicyclic) bond motifs is 1. The van der Waals surface area contributed by atoms with Crippen LogP contribution in [0, 0.1) is 13.8 Å². The molecular weight excluding hydrogens is 514 g/mol. The van der Waals surface area contributed by atoms with Gasteiger partial charge in [-0.3, -0.25) is 9.69 Å². The highest BCUT2D eigenvalue weighted by Gasteiger charge is 2.20. The van der Waals surface area contributed by atoms with Crippen LogP contribution < -0.4 is 15.8 Å². The summed E-state index contributed by atoms with van der Waals surface area (Å²) in [5.74, 6) is 0.908. The number of anilines is 3. The Labute approximate surface area is 239 Å². The van der Waals surface area contributed by atoms with Crippen LogP contribution in [0.5, 0.6) is 0 Å². The van der Waals surface area contributed by atoms with E-state index in [1.807, 2.05) is 37.3 Å². The molecule has 3 aromatic heterocycles. The minimum Gasteiger partial charge on any atom is -0.463 e. The van der Waals surface area contributed by atoms with Gasteiger partial charge >= 0.3 is 0 Å². The van der Waals surface area contributed by atoms with Crippen LogP contribution in [0.25, 0.3) is 28.0 Å². The van der Waals surface area contributed by atoms with E-state index in [9.17, 15) is 4.79 Å². The third-order valence-corrected chi connectivity index (χ3v) is 7.79. The lowest BCUT2D eigenvalue weighted by atomic mass is 10.1. The van der Waals surface area contributed by atoms with Crippen molar-refractivity contribution in [3.63, 3.8) is 0 Å². The standard InChI is InChI=1S/C32H35N7O2/c1-21(2)37-14-8-15-38(17-16-37)26-13-12-24(19-23(26)4)34-32-33-20-25-29(35-32)30(28-11-7-18-41-28)36-39(31(25)40)27-10-6-5-9-22(27)3/h5-7,9-13,18-21H,8,14-17H2,1-4H3,(H,33,34,35). The number of para-hydroxylation sites is 1. The number of rotatable bonds is 6. The summed E-state index contributed by atoms with van der Waals surface area (Å²) in [5, 5.41) is 8.40. The number of benzene rings is 2. The van der Waals surface area contributed by atoms with Crippen LogP contribution in [0.1, 0.15) is 31.4 Å². The van der Waals surface area contributed by atoms with E-state index in [1.54, 1.807) is 18.5 Å². The first-order valence-electron chi connectivity index (χ1n) is 14.2. The minimum atomic E-state index is -0.287. The highest BCUT2D eigenvalue weighted by atomic mass is 16.3. The quantitative estimate of drug-likeness (QED) is 0.288. The van der Waals surface area contributed by atoms with E-state index in [-0.39, 0.29) is 5.56 Å². The molecule has 9 nitrogen and oxygen atoms in total. The third kappa shape index (κ3) is 5.32. The van der Waals surface area contributed by atoms with Gasteiger partial charge in [0.1, 0.15) is 5.52 Å². The van der Waals surface area contributed by atoms with Crippen molar-refractivity contribution in [2.45, 2.75) is 40.2 Å². The maximum Gasteiger partial charge on any atom is 0.282 e. The number of hydrogen-bond acceptors (Lipinski definition) is 8. The molecule has 2 aromatic carbocycles. The van der Waals surface area contributed by atoms with Crippen molar-refractivity contribution in [3.8, 4) is 17.1 Å². The van der Waals surface area contributed by atoms with Gasteiger partial charge in [-0.15, -0.1) is 0 Å². The van der Waals surface area contributed by atoms with Crippen molar-refractivity contribution in [2.75, 3.05) is 36.4 Å². The van der Waals surface area contributed by atoms with Crippen LogP contribution in [0.3, 0.4) is 0 Å². The van der Waals surface area contributed by atoms with Crippen LogP contribution in [-0.4, -0.2) is 56.9 Å². The normalized spacial score (nSPS) is 14.5. The van der Waals surface area contributed by atoms with Gasteiger partial charge in [0.15, 0.2) is 11.5 Å². The second-order valence-corrected chi connectivity index (χ2v) is 10.9. The Morgan fingerprint density at radius 3 is 2.54 bits per heavy atom. The first kappa shape index (κ1) is 26.7. The molecule has 0 unspecified atom stereocenters. The number of aromatic nitrogens is 4. The molecule has 41 heavy (non-hydrogen) atoms. The Morgan fingerprint density at radius 1 is 0.927 bits per heavy atom. The lowest BCUT2D eigenvalue weighted by Crippen LogP contribution is -2.35. The van der Waals surface area contributed by atoms with Gasteiger partial charge in [-0.1, -0.05) is 18.2 Å². The first-order valence-corrected chi connectivity index (χ1v) is 14.2. The summed E-state index contributed by atoms with van der Waals surface area (Å²) in [6.07, 6.45) is 4.30. The Kier molecular flexibility index (Phi) is 7.28. The molecule has 1 aliphatic heterocycles. The lowest BCUT2D eigenvalue weighted by Gasteiger charge is -2.27. The van der Waals surface area contributed by atoms with Crippen molar-refractivity contribution < 1.29 is 4.42 Å². The highest BCUT2D eigenvalue weighted by Crippen LogP contribution is 2.28. The summed E-state index contributed by atoms with van der Waals surface area (Å²) in [4.78, 5) is 27.8. The topological polar surface area (TPSA) is 92.3 Å². The van der Waals surface area contributed by atoms with Gasteiger partial charge in [-0.2, -0.15) is 9.78 Å². The van der Waals surface area contributed by atoms with Gasteiger partial charge in [-0.05, 0) is 81.6 Å². The highest BCUT2D eigenvalue weighted by molar-refractivity contribution is 5.89. The van der Waals surface area contributed by atoms with E-state index < -0.39 is 0 Å². The van der Waals surface area contributed by atoms with Crippen molar-refractivity contribution >= 4 is 28.2 Å². The number of hydrogen-bond donors (Lipinski definition) is 1. The molecule has 0 aliphatic carbocycles. The van der Waals surface area contributed by atoms with Crippen LogP contribution in [0.2, 0.25) is 0 Å². The molecule has 9 heteroatoms. The van der Waals surface area contributed by atoms with E-state index in [2.05, 4.69) is 59.1 Å². The molecule has 1 fully saturated rings. The molecule has 0 amide bonds. The lowest BCUT2D eigenvalue weighted by molar-refractivity contribution is 0.238. The summed E-state index contributed by atoms with van der Waals surface area (Å²) in [6, 6.07) is 18.2. The fourth-order valence-electron chi connectivity index (χ4n) is 5.54. The van der Waals surface area contributed by atoms with Crippen LogP contribution in [-0.2, 0) is 0 Å². The van der Waals surface area contributed by atoms with Gasteiger partial charge < -0.3 is 14.6 Å². The van der Waals surface area contributed by atoms with Crippen molar-refractivity contribution in [1.29, 1.82) is 0 Å². The predicted octanol–water partition coefficient (Wildman–Crippen LogP) is 5.72. The molecule has 0 saturated carbocycles. The summed E-state index contributed by atoms with van der Waals surface area (Å²) in [5.41, 5.74) is 5.57. The summed E-state index contributed by atoms with van der Waals surface area (Å²) in [7, 11) is 0. The molecular formula is C32H35N7O2. The zero-order valence-corrected chi connectivity index (χ0v) is 24.0. The molecule has 1 aliphatic rings. The van der Waals surface area contributed by atoms with Crippen molar-refractivity contribution in [1.82, 2.24) is 24.6 Å². The summed E-state index contributed by atoms with van der Waals surface area (Å²) >= 11 is 0. The molecule has 5 aromatic rings. The average Bonchev–Trinajstić information content (AvgIpc) is 3.38. The zero-order valence-electron chi connectivity index (χ0n) is 24.0. The number of aryl methyl sites for hydroxylation is 2. The van der Waals surface area contributed by atoms with E-state index in [1.165, 1.54) is 15.9 Å². The summed E-state index contributed by atoms with van der Waals surface area (Å²) < 4.78 is 7.10. The van der Waals surface area contributed by atoms with Gasteiger partial charge in [-0.25, -0.2) is 9.97 Å². The molecule has 0 bridgehead atoms. The van der Waals surface area contributed by atoms with Crippen LogP contribution >= 0.6 is 0 Å². The number of nitrogens with one attached hydrogen (secondary N) is 1. The Hall–Kier alpha value is -4.50. The third-order valence-electron chi connectivity index (χ3n) is 7.79. The van der Waals surface area contributed by atoms with E-state index in [0.717, 1.165) is 43.9 Å². The summed E-state index contributed by atoms with van der Waals surface area (Å²) in [6.45, 7) is 12.9. The van der Waals surface area contributed by atoms with Crippen molar-refractivity contribution in [2.24, 2.45) is 0 Å². The van der Waals surface area contributed by atoms with Gasteiger partial charge in [0.05, 0.1) is 17.3 Å². The monoisotopic (exact) mass is 549 g/mol. The maximum absolute atomic E-state index is 13.5. The van der Waals surface area contributed by atoms with Crippen LogP contribution in [0.4, 0.5) is 17.3 Å². The average molecular weight is 550 g/mol. The van der Waals surface area contributed by atoms with E-state index in [0.29, 0.717) is 40.0 Å². The molecule has 1 N–H and O–H groups in total. The van der Waals surface area contributed by atoms with Gasteiger partial charge in [0, 0.05) is 49.8 Å². The number of nitrogens with zero attached hydrogens (tertiary/aromatic N) is 6. The predicted molar refractivity (Wildman–Crippen MR) is 163 cm³/mol. The molecule has 0 radical (unpaired) electrons. The Morgan fingerprint density at radius 2 is 1.78 bits per heavy atom. The van der Waals surface area contributed by atoms with Crippen molar-refractivity contribution in [3.05, 3.63) is 88.5 Å². The minimum absolute atomic E-state index is 0.287. The Balaban J connectivity index is 1.33. The fourth-order valence-corrected chi connectivity index (χ4v) is 5.54. The molecule has 4 heterocycles. The van der Waals surface area contributed by atoms with E-state index >= 15 is 0 Å². The SMILES string of the molecule is Cc1cc(Nc2ncc3c(=O)n(-c4ccccc4C)nc(-c4ccco4)c3n2)ccc1N1CCCN(C(C)C)CC1. The number of furan rings is 1. The largest absolute Gasteiger partial charge is 0.463 e. The van der Waals surface area contributed by atoms with Gasteiger partial charge in [0.2, 0.25) is 5.95 Å². The molecule has 210 valence electrons. The van der Waals surface area contributed by atoms with E-state index in [4.69, 9.17) is 14.5 Å². The fraction of sp³-hybridized carbons (Fsp3) is 0.312. The second-order valence-electron chi connectivity index (χ2n) is 10.9. The smallest absolute Gasteiger partial charge is 0.282 e. The van der Waals surface area contributed by atoms with Gasteiger partial charge in [0.25, 0.3) is 5.56 Å². The molecule has 6 rings (SSSR count). The van der Waals surface area contributed by atoms with Crippen LogP contribution in [0.15, 0.2) is 76.3 Å². The first-order chi connectivity index (χ1) is 19.9. The molecule has 1 saturated heterocycles. The molecule has 0 atom stereocenters.